The molecule has 0 bridgehead atoms. The fourth-order valence-corrected chi connectivity index (χ4v) is 8.67. The van der Waals surface area contributed by atoms with Crippen molar-refractivity contribution in [1.82, 2.24) is 0 Å². The lowest BCUT2D eigenvalue weighted by molar-refractivity contribution is 0.0732. The van der Waals surface area contributed by atoms with Crippen molar-refractivity contribution >= 4 is 83.8 Å². The van der Waals surface area contributed by atoms with Crippen LogP contribution < -0.4 is 4.74 Å². The maximum Gasteiger partial charge on any atom is 0.345 e. The van der Waals surface area contributed by atoms with Gasteiger partial charge in [0.05, 0.1) is 5.56 Å². The Balaban J connectivity index is 1.68. The highest BCUT2D eigenvalue weighted by atomic mass is 127. The van der Waals surface area contributed by atoms with Gasteiger partial charge in [0.25, 0.3) is 0 Å². The number of halogens is 3. The number of hydrogen-bond donors (Lipinski definition) is 0. The van der Waals surface area contributed by atoms with E-state index in [0.29, 0.717) is 11.3 Å². The van der Waals surface area contributed by atoms with Gasteiger partial charge in [-0.2, -0.15) is 10.0 Å². The standard InChI is InChI=1S/C26H19I3O2S/c1-32(19-8-4-2-5-9-19,20-10-6-3-7-11-20)21-14-12-18(13-15-21)31-26(30)24-22(27)16-17-23(28)25(24)29/h2-17H,1H3. The van der Waals surface area contributed by atoms with Crippen LogP contribution in [0.1, 0.15) is 10.4 Å². The molecule has 0 atom stereocenters. The third kappa shape index (κ3) is 4.88. The van der Waals surface area contributed by atoms with E-state index in [-0.39, 0.29) is 5.97 Å². The molecule has 4 aromatic carbocycles. The minimum absolute atomic E-state index is 0.328. The van der Waals surface area contributed by atoms with Crippen molar-refractivity contribution in [3.05, 3.63) is 113 Å². The molecule has 0 heterocycles. The van der Waals surface area contributed by atoms with Gasteiger partial charge in [0.15, 0.2) is 0 Å². The molecule has 0 spiro atoms. The van der Waals surface area contributed by atoms with Crippen molar-refractivity contribution in [3.8, 4) is 5.75 Å². The van der Waals surface area contributed by atoms with E-state index < -0.39 is 10.0 Å². The summed E-state index contributed by atoms with van der Waals surface area (Å²) in [4.78, 5) is 16.7. The second kappa shape index (κ2) is 10.4. The number of hydrogen-bond acceptors (Lipinski definition) is 2. The summed E-state index contributed by atoms with van der Waals surface area (Å²) < 4.78 is 8.60. The third-order valence-corrected chi connectivity index (χ3v) is 12.8. The lowest BCUT2D eigenvalue weighted by atomic mass is 10.2. The Morgan fingerprint density at radius 2 is 1.12 bits per heavy atom. The molecule has 0 aliphatic heterocycles. The largest absolute Gasteiger partial charge is 0.423 e. The fourth-order valence-electron chi connectivity index (χ4n) is 3.45. The molecule has 0 aliphatic rings. The average Bonchev–Trinajstić information content (AvgIpc) is 2.83. The van der Waals surface area contributed by atoms with E-state index in [1.165, 1.54) is 14.7 Å². The van der Waals surface area contributed by atoms with Crippen LogP contribution in [0.15, 0.2) is 112 Å². The van der Waals surface area contributed by atoms with E-state index in [1.54, 1.807) is 0 Å². The van der Waals surface area contributed by atoms with Gasteiger partial charge in [-0.15, -0.1) is 0 Å². The summed E-state index contributed by atoms with van der Waals surface area (Å²) in [5.41, 5.74) is 0.617. The normalized spacial score (nSPS) is 11.8. The predicted molar refractivity (Wildman–Crippen MR) is 157 cm³/mol. The molecular formula is C26H19I3O2S. The van der Waals surface area contributed by atoms with Crippen LogP contribution in [-0.4, -0.2) is 12.2 Å². The maximum atomic E-state index is 12.9. The molecule has 0 radical (unpaired) electrons. The highest BCUT2D eigenvalue weighted by Gasteiger charge is 2.26. The molecule has 4 aromatic rings. The van der Waals surface area contributed by atoms with Gasteiger partial charge in [-0.25, -0.2) is 4.79 Å². The van der Waals surface area contributed by atoms with Gasteiger partial charge in [0, 0.05) is 10.7 Å². The van der Waals surface area contributed by atoms with E-state index in [0.717, 1.165) is 10.7 Å². The molecule has 6 heteroatoms. The van der Waals surface area contributed by atoms with Gasteiger partial charge >= 0.3 is 5.97 Å². The average molecular weight is 776 g/mol. The van der Waals surface area contributed by atoms with Crippen molar-refractivity contribution in [2.75, 3.05) is 6.26 Å². The van der Waals surface area contributed by atoms with Gasteiger partial charge in [-0.1, -0.05) is 36.4 Å². The van der Waals surface area contributed by atoms with E-state index in [1.807, 2.05) is 36.4 Å². The Morgan fingerprint density at radius 3 is 1.66 bits per heavy atom. The minimum Gasteiger partial charge on any atom is -0.423 e. The lowest BCUT2D eigenvalue weighted by Gasteiger charge is -2.37. The first kappa shape index (κ1) is 24.0. The molecule has 4 rings (SSSR count). The molecule has 0 amide bonds. The van der Waals surface area contributed by atoms with E-state index in [9.17, 15) is 4.79 Å². The summed E-state index contributed by atoms with van der Waals surface area (Å²) >= 11 is 6.63. The van der Waals surface area contributed by atoms with Crippen LogP contribution in [-0.2, 0) is 0 Å². The smallest absolute Gasteiger partial charge is 0.345 e. The van der Waals surface area contributed by atoms with Gasteiger partial charge in [-0.3, -0.25) is 0 Å². The van der Waals surface area contributed by atoms with Crippen LogP contribution >= 0.6 is 77.8 Å². The maximum absolute atomic E-state index is 12.9. The summed E-state index contributed by atoms with van der Waals surface area (Å²) in [6, 6.07) is 33.1. The number of carbonyl (C=O) groups excluding carboxylic acids is 1. The minimum atomic E-state index is -1.44. The number of rotatable bonds is 5. The molecule has 32 heavy (non-hydrogen) atoms. The molecular weight excluding hydrogens is 757 g/mol. The number of carbonyl (C=O) groups is 1. The highest BCUT2D eigenvalue weighted by molar-refractivity contribution is 14.1. The Labute approximate surface area is 230 Å². The molecule has 0 fully saturated rings. The molecule has 162 valence electrons. The predicted octanol–water partition coefficient (Wildman–Crippen LogP) is 8.63. The first-order chi connectivity index (χ1) is 15.4. The van der Waals surface area contributed by atoms with Crippen molar-refractivity contribution < 1.29 is 9.53 Å². The SMILES string of the molecule is CS(c1ccccc1)(c1ccccc1)c1ccc(OC(=O)c2c(I)ccc(I)c2I)cc1. The zero-order chi connectivity index (χ0) is 22.7. The summed E-state index contributed by atoms with van der Waals surface area (Å²) in [6.07, 6.45) is 2.31. The quantitative estimate of drug-likeness (QED) is 0.0879. The van der Waals surface area contributed by atoms with Crippen LogP contribution in [0.2, 0.25) is 0 Å². The topological polar surface area (TPSA) is 26.3 Å². The molecule has 0 saturated heterocycles. The first-order valence-corrected chi connectivity index (χ1v) is 15.0. The molecule has 0 saturated carbocycles. The van der Waals surface area contributed by atoms with Gasteiger partial charge in [0.2, 0.25) is 0 Å². The Kier molecular flexibility index (Phi) is 7.84. The molecule has 0 aliphatic carbocycles. The lowest BCUT2D eigenvalue weighted by Crippen LogP contribution is -2.13. The summed E-state index contributed by atoms with van der Waals surface area (Å²) in [6.45, 7) is 0. The van der Waals surface area contributed by atoms with Gasteiger partial charge in [-0.05, 0) is 149 Å². The fraction of sp³-hybridized carbons (Fsp3) is 0.0385. The first-order valence-electron chi connectivity index (χ1n) is 9.75. The monoisotopic (exact) mass is 776 g/mol. The molecule has 0 unspecified atom stereocenters. The zero-order valence-corrected chi connectivity index (χ0v) is 24.4. The second-order valence-corrected chi connectivity index (χ2v) is 13.8. The van der Waals surface area contributed by atoms with Crippen molar-refractivity contribution in [3.63, 3.8) is 0 Å². The number of ether oxygens (including phenoxy) is 1. The summed E-state index contributed by atoms with van der Waals surface area (Å²) in [5, 5.41) is 0. The van der Waals surface area contributed by atoms with Crippen LogP contribution in [0.3, 0.4) is 0 Å². The van der Waals surface area contributed by atoms with Gasteiger partial charge < -0.3 is 4.74 Å². The molecule has 2 nitrogen and oxygen atoms in total. The Morgan fingerprint density at radius 1 is 0.656 bits per heavy atom. The summed E-state index contributed by atoms with van der Waals surface area (Å²) in [7, 11) is -1.44. The molecule has 0 N–H and O–H groups in total. The van der Waals surface area contributed by atoms with Crippen LogP contribution in [0.25, 0.3) is 0 Å². The van der Waals surface area contributed by atoms with Crippen LogP contribution in [0, 0.1) is 10.7 Å². The Bertz CT molecular complexity index is 1200. The molecule has 0 aromatic heterocycles. The second-order valence-electron chi connectivity index (χ2n) is 7.12. The van der Waals surface area contributed by atoms with Gasteiger partial charge in [0.1, 0.15) is 5.75 Å². The van der Waals surface area contributed by atoms with E-state index in [4.69, 9.17) is 4.74 Å². The van der Waals surface area contributed by atoms with E-state index >= 15 is 0 Å². The number of esters is 1. The third-order valence-electron chi connectivity index (χ3n) is 5.18. The van der Waals surface area contributed by atoms with Crippen LogP contribution in [0.5, 0.6) is 5.75 Å². The Hall–Kier alpha value is -1.11. The highest BCUT2D eigenvalue weighted by Crippen LogP contribution is 2.65. The number of benzene rings is 4. The van der Waals surface area contributed by atoms with Crippen LogP contribution in [0.4, 0.5) is 0 Å². The van der Waals surface area contributed by atoms with Crippen molar-refractivity contribution in [2.24, 2.45) is 0 Å². The van der Waals surface area contributed by atoms with E-state index in [2.05, 4.69) is 135 Å². The zero-order valence-electron chi connectivity index (χ0n) is 17.1. The summed E-state index contributed by atoms with van der Waals surface area (Å²) in [5.74, 6) is 0.221. The van der Waals surface area contributed by atoms with Crippen molar-refractivity contribution in [1.29, 1.82) is 0 Å². The van der Waals surface area contributed by atoms with Crippen molar-refractivity contribution in [2.45, 2.75) is 14.7 Å².